The number of aliphatic hydroxyl groups excluding tert-OH is 2. The first-order chi connectivity index (χ1) is 17.6. The van der Waals surface area contributed by atoms with Gasteiger partial charge in [0.1, 0.15) is 0 Å². The lowest BCUT2D eigenvalue weighted by Crippen LogP contribution is -2.62. The van der Waals surface area contributed by atoms with Crippen LogP contribution in [0.15, 0.2) is 18.3 Å². The number of rotatable bonds is 7. The number of nitrogens with zero attached hydrogens (tertiary/aromatic N) is 1. The molecule has 0 bridgehead atoms. The number of aromatic carboxylic acids is 1. The Hall–Kier alpha value is -1.66. The summed E-state index contributed by atoms with van der Waals surface area (Å²) in [5.74, 6) is 2.88. The SMILES string of the molecule is CC[C@H]1[C@@H](O)[C@@H]2[C@H](CC[C@]3(C)[C@@H]([C@H](C)CCOc4ccc(C(=O)O)cn4)CC[C@@H]23)[C@@]2(C)CC[C@@H](O)C[C@@H]12. The molecule has 5 rings (SSSR count). The van der Waals surface area contributed by atoms with Gasteiger partial charge in [-0.05, 0) is 110 Å². The number of carboxylic acid groups (broad SMARTS) is 1. The van der Waals surface area contributed by atoms with Crippen LogP contribution in [0, 0.1) is 52.3 Å². The van der Waals surface area contributed by atoms with Gasteiger partial charge >= 0.3 is 5.97 Å². The first-order valence-corrected chi connectivity index (χ1v) is 14.8. The molecule has 0 spiro atoms. The van der Waals surface area contributed by atoms with Gasteiger partial charge in [-0.3, -0.25) is 0 Å². The predicted molar refractivity (Wildman–Crippen MR) is 142 cm³/mol. The normalized spacial score (nSPS) is 43.8. The van der Waals surface area contributed by atoms with Crippen molar-refractivity contribution in [3.63, 3.8) is 0 Å². The van der Waals surface area contributed by atoms with Gasteiger partial charge in [0.05, 0.1) is 24.4 Å². The number of pyridine rings is 1. The fraction of sp³-hybridized carbons (Fsp3) is 0.806. The van der Waals surface area contributed by atoms with Crippen molar-refractivity contribution in [3.05, 3.63) is 23.9 Å². The highest BCUT2D eigenvalue weighted by molar-refractivity contribution is 5.87. The summed E-state index contributed by atoms with van der Waals surface area (Å²) in [6.45, 7) is 10.2. The fourth-order valence-electron chi connectivity index (χ4n) is 10.1. The summed E-state index contributed by atoms with van der Waals surface area (Å²) in [6, 6.07) is 3.17. The molecule has 0 unspecified atom stereocenters. The van der Waals surface area contributed by atoms with Crippen molar-refractivity contribution in [1.82, 2.24) is 4.98 Å². The van der Waals surface area contributed by atoms with Crippen molar-refractivity contribution >= 4 is 5.97 Å². The van der Waals surface area contributed by atoms with Gasteiger partial charge in [0.25, 0.3) is 0 Å². The molecule has 4 aliphatic carbocycles. The van der Waals surface area contributed by atoms with Crippen molar-refractivity contribution in [1.29, 1.82) is 0 Å². The van der Waals surface area contributed by atoms with Crippen LogP contribution in [0.1, 0.15) is 95.8 Å². The van der Waals surface area contributed by atoms with E-state index in [2.05, 4.69) is 32.7 Å². The smallest absolute Gasteiger partial charge is 0.337 e. The van der Waals surface area contributed by atoms with Gasteiger partial charge in [-0.1, -0.05) is 34.1 Å². The van der Waals surface area contributed by atoms with E-state index in [1.807, 2.05) is 0 Å². The van der Waals surface area contributed by atoms with E-state index in [1.165, 1.54) is 37.9 Å². The third-order valence-corrected chi connectivity index (χ3v) is 12.0. The molecular weight excluding hydrogens is 466 g/mol. The molecule has 3 N–H and O–H groups in total. The van der Waals surface area contributed by atoms with Gasteiger partial charge in [0.15, 0.2) is 0 Å². The number of carboxylic acids is 1. The molecule has 6 heteroatoms. The lowest BCUT2D eigenvalue weighted by Gasteiger charge is -2.64. The van der Waals surface area contributed by atoms with Crippen molar-refractivity contribution in [2.45, 2.75) is 97.7 Å². The molecule has 4 fully saturated rings. The highest BCUT2D eigenvalue weighted by Gasteiger charge is 2.64. The molecule has 11 atom stereocenters. The predicted octanol–water partition coefficient (Wildman–Crippen LogP) is 5.81. The maximum Gasteiger partial charge on any atom is 0.337 e. The maximum absolute atomic E-state index is 11.9. The molecule has 37 heavy (non-hydrogen) atoms. The molecular formula is C31H47NO5. The van der Waals surface area contributed by atoms with Crippen molar-refractivity contribution in [2.75, 3.05) is 6.61 Å². The summed E-state index contributed by atoms with van der Waals surface area (Å²) in [7, 11) is 0. The van der Waals surface area contributed by atoms with E-state index in [0.717, 1.165) is 32.1 Å². The molecule has 1 heterocycles. The molecule has 4 aliphatic rings. The fourth-order valence-corrected chi connectivity index (χ4v) is 10.1. The third kappa shape index (κ3) is 4.50. The standard InChI is InChI=1S/C31H47NO5/c1-5-21-25-16-20(33)10-13-31(25,4)24-11-14-30(3)22(7-8-23(30)27(24)28(21)34)18(2)12-15-37-26-9-6-19(17-32-26)29(35)36/h6,9,17-18,20-25,27-28,33-34H,5,7-8,10-16H2,1-4H3,(H,35,36)/t18-,20-,21-,22-,23+,24+,25+,27+,28-,30-,31-/m1/s1. The van der Waals surface area contributed by atoms with E-state index in [-0.39, 0.29) is 28.6 Å². The monoisotopic (exact) mass is 513 g/mol. The molecule has 4 saturated carbocycles. The first kappa shape index (κ1) is 26.9. The van der Waals surface area contributed by atoms with Gasteiger partial charge in [-0.15, -0.1) is 0 Å². The molecule has 1 aromatic rings. The number of hydrogen-bond donors (Lipinski definition) is 3. The summed E-state index contributed by atoms with van der Waals surface area (Å²) in [4.78, 5) is 15.2. The van der Waals surface area contributed by atoms with Gasteiger partial charge in [0, 0.05) is 12.3 Å². The van der Waals surface area contributed by atoms with Gasteiger partial charge in [-0.2, -0.15) is 0 Å². The number of ether oxygens (including phenoxy) is 1. The Morgan fingerprint density at radius 2 is 1.81 bits per heavy atom. The molecule has 0 amide bonds. The second-order valence-electron chi connectivity index (χ2n) is 13.4. The number of hydrogen-bond acceptors (Lipinski definition) is 5. The van der Waals surface area contributed by atoms with Crippen molar-refractivity contribution in [3.8, 4) is 5.88 Å². The van der Waals surface area contributed by atoms with Crippen molar-refractivity contribution in [2.24, 2.45) is 52.3 Å². The zero-order valence-corrected chi connectivity index (χ0v) is 23.1. The number of aliphatic hydroxyl groups is 2. The molecule has 0 aromatic carbocycles. The lowest BCUT2D eigenvalue weighted by molar-refractivity contribution is -0.203. The summed E-state index contributed by atoms with van der Waals surface area (Å²) < 4.78 is 5.89. The Morgan fingerprint density at radius 3 is 2.49 bits per heavy atom. The Kier molecular flexibility index (Phi) is 7.38. The lowest BCUT2D eigenvalue weighted by atomic mass is 9.41. The zero-order chi connectivity index (χ0) is 26.5. The Bertz CT molecular complexity index is 967. The third-order valence-electron chi connectivity index (χ3n) is 12.0. The highest BCUT2D eigenvalue weighted by atomic mass is 16.5. The van der Waals surface area contributed by atoms with Crippen LogP contribution in [0.4, 0.5) is 0 Å². The second kappa shape index (κ2) is 10.1. The largest absolute Gasteiger partial charge is 0.478 e. The van der Waals surface area contributed by atoms with E-state index in [9.17, 15) is 15.0 Å². The van der Waals surface area contributed by atoms with Crippen LogP contribution < -0.4 is 4.74 Å². The van der Waals surface area contributed by atoms with Gasteiger partial charge in [-0.25, -0.2) is 9.78 Å². The minimum atomic E-state index is -0.981. The average molecular weight is 514 g/mol. The number of aromatic nitrogens is 1. The average Bonchev–Trinajstić information content (AvgIpc) is 3.23. The molecule has 206 valence electrons. The molecule has 0 saturated heterocycles. The van der Waals surface area contributed by atoms with Crippen LogP contribution in [0.3, 0.4) is 0 Å². The summed E-state index contributed by atoms with van der Waals surface area (Å²) in [6.07, 6.45) is 10.6. The van der Waals surface area contributed by atoms with E-state index >= 15 is 0 Å². The van der Waals surface area contributed by atoms with E-state index in [4.69, 9.17) is 9.84 Å². The Morgan fingerprint density at radius 1 is 1.08 bits per heavy atom. The second-order valence-corrected chi connectivity index (χ2v) is 13.4. The Labute approximate surface area is 222 Å². The van der Waals surface area contributed by atoms with Crippen LogP contribution in [0.25, 0.3) is 0 Å². The topological polar surface area (TPSA) is 99.9 Å². The first-order valence-electron chi connectivity index (χ1n) is 14.8. The molecule has 0 aliphatic heterocycles. The summed E-state index contributed by atoms with van der Waals surface area (Å²) in [5, 5.41) is 31.4. The van der Waals surface area contributed by atoms with E-state index in [0.29, 0.717) is 53.9 Å². The molecule has 1 aromatic heterocycles. The summed E-state index contributed by atoms with van der Waals surface area (Å²) in [5.41, 5.74) is 0.658. The summed E-state index contributed by atoms with van der Waals surface area (Å²) >= 11 is 0. The van der Waals surface area contributed by atoms with E-state index in [1.54, 1.807) is 6.07 Å². The number of fused-ring (bicyclic) bond motifs is 5. The van der Waals surface area contributed by atoms with Gasteiger partial charge < -0.3 is 20.1 Å². The maximum atomic E-state index is 11.9. The van der Waals surface area contributed by atoms with Crippen LogP contribution in [-0.2, 0) is 0 Å². The zero-order valence-electron chi connectivity index (χ0n) is 23.1. The minimum absolute atomic E-state index is 0.168. The molecule has 6 nitrogen and oxygen atoms in total. The number of carbonyl (C=O) groups is 1. The quantitative estimate of drug-likeness (QED) is 0.425. The van der Waals surface area contributed by atoms with Gasteiger partial charge in [0.2, 0.25) is 5.88 Å². The minimum Gasteiger partial charge on any atom is -0.478 e. The Balaban J connectivity index is 1.27. The van der Waals surface area contributed by atoms with Crippen LogP contribution >= 0.6 is 0 Å². The van der Waals surface area contributed by atoms with Crippen molar-refractivity contribution < 1.29 is 24.9 Å². The van der Waals surface area contributed by atoms with E-state index < -0.39 is 5.97 Å². The van der Waals surface area contributed by atoms with Crippen LogP contribution in [0.2, 0.25) is 0 Å². The van der Waals surface area contributed by atoms with Crippen LogP contribution in [-0.4, -0.2) is 45.1 Å². The van der Waals surface area contributed by atoms with Crippen LogP contribution in [0.5, 0.6) is 5.88 Å². The highest BCUT2D eigenvalue weighted by Crippen LogP contribution is 2.69. The molecule has 0 radical (unpaired) electrons.